The first-order chi connectivity index (χ1) is 14.4. The van der Waals surface area contributed by atoms with Gasteiger partial charge in [-0.15, -0.1) is 19.3 Å². The zero-order valence-corrected chi connectivity index (χ0v) is 15.6. The molecule has 0 aromatic heterocycles. The lowest BCUT2D eigenvalue weighted by atomic mass is 10.00. The number of phenolic OH excluding ortho intramolecular Hbond substituents is 2. The van der Waals surface area contributed by atoms with E-state index in [0.29, 0.717) is 11.5 Å². The smallest absolute Gasteiger partial charge is 0.148 e. The first-order valence-electron chi connectivity index (χ1n) is 8.51. The minimum absolute atomic E-state index is 0.0829. The SMILES string of the molecule is C#Cc1c(Oc2ccc(O)c(N)c2)cc(Oc2ccc(O)c(N)c2)c(C#C)c1C#C. The van der Waals surface area contributed by atoms with Crippen molar-refractivity contribution in [1.29, 1.82) is 0 Å². The number of benzene rings is 3. The van der Waals surface area contributed by atoms with Gasteiger partial charge in [0, 0.05) is 18.2 Å². The molecule has 0 bridgehead atoms. The van der Waals surface area contributed by atoms with Crippen LogP contribution in [0.15, 0.2) is 42.5 Å². The maximum Gasteiger partial charge on any atom is 0.148 e. The molecule has 6 N–H and O–H groups in total. The van der Waals surface area contributed by atoms with E-state index in [1.165, 1.54) is 42.5 Å². The molecule has 0 unspecified atom stereocenters. The van der Waals surface area contributed by atoms with Gasteiger partial charge in [-0.25, -0.2) is 0 Å². The average molecular weight is 396 g/mol. The van der Waals surface area contributed by atoms with Crippen molar-refractivity contribution in [3.63, 3.8) is 0 Å². The molecule has 6 nitrogen and oxygen atoms in total. The van der Waals surface area contributed by atoms with Crippen molar-refractivity contribution in [2.24, 2.45) is 0 Å². The Morgan fingerprint density at radius 3 is 1.37 bits per heavy atom. The van der Waals surface area contributed by atoms with Crippen molar-refractivity contribution in [2.45, 2.75) is 0 Å². The molecular formula is C24H16N2O4. The van der Waals surface area contributed by atoms with Crippen molar-refractivity contribution in [3.8, 4) is 71.5 Å². The lowest BCUT2D eigenvalue weighted by molar-refractivity contribution is 0.452. The fraction of sp³-hybridized carbons (Fsp3) is 0. The highest BCUT2D eigenvalue weighted by atomic mass is 16.5. The van der Waals surface area contributed by atoms with Gasteiger partial charge in [0.05, 0.1) is 28.1 Å². The maximum atomic E-state index is 9.60. The second kappa shape index (κ2) is 8.02. The van der Waals surface area contributed by atoms with Gasteiger partial charge in [-0.2, -0.15) is 0 Å². The molecule has 30 heavy (non-hydrogen) atoms. The molecule has 0 aliphatic heterocycles. The molecule has 3 aromatic rings. The van der Waals surface area contributed by atoms with Gasteiger partial charge < -0.3 is 31.2 Å². The fourth-order valence-electron chi connectivity index (χ4n) is 2.67. The molecule has 0 amide bonds. The van der Waals surface area contributed by atoms with Crippen molar-refractivity contribution in [1.82, 2.24) is 0 Å². The highest BCUT2D eigenvalue weighted by molar-refractivity contribution is 5.70. The van der Waals surface area contributed by atoms with Crippen LogP contribution in [0.2, 0.25) is 0 Å². The van der Waals surface area contributed by atoms with Gasteiger partial charge in [0.25, 0.3) is 0 Å². The standard InChI is InChI=1S/C24H16N2O4/c1-4-16-17(5-2)23(29-14-7-9-21(27)19(25)11-14)13-24(18(16)6-3)30-15-8-10-22(28)20(26)12-15/h1-3,7-13,27-28H,25-26H2. The van der Waals surface area contributed by atoms with Gasteiger partial charge in [0.1, 0.15) is 34.5 Å². The predicted octanol–water partition coefficient (Wildman–Crippen LogP) is 3.79. The Hall–Kier alpha value is -4.86. The van der Waals surface area contributed by atoms with Crippen LogP contribution in [-0.4, -0.2) is 10.2 Å². The third-order valence-corrected chi connectivity index (χ3v) is 4.14. The van der Waals surface area contributed by atoms with E-state index in [9.17, 15) is 10.2 Å². The first-order valence-corrected chi connectivity index (χ1v) is 8.51. The van der Waals surface area contributed by atoms with Crippen LogP contribution in [0.4, 0.5) is 11.4 Å². The molecule has 3 rings (SSSR count). The fourth-order valence-corrected chi connectivity index (χ4v) is 2.67. The Labute approximate surface area is 173 Å². The molecule has 0 saturated carbocycles. The third kappa shape index (κ3) is 3.73. The monoisotopic (exact) mass is 396 g/mol. The maximum absolute atomic E-state index is 9.60. The quantitative estimate of drug-likeness (QED) is 0.303. The van der Waals surface area contributed by atoms with E-state index in [0.717, 1.165) is 0 Å². The summed E-state index contributed by atoms with van der Waals surface area (Å²) in [7, 11) is 0. The number of aromatic hydroxyl groups is 2. The van der Waals surface area contributed by atoms with Crippen LogP contribution < -0.4 is 20.9 Å². The number of anilines is 2. The second-order valence-corrected chi connectivity index (χ2v) is 6.08. The summed E-state index contributed by atoms with van der Waals surface area (Å²) >= 11 is 0. The second-order valence-electron chi connectivity index (χ2n) is 6.08. The molecule has 0 aliphatic rings. The van der Waals surface area contributed by atoms with Gasteiger partial charge in [-0.3, -0.25) is 0 Å². The molecule has 0 heterocycles. The van der Waals surface area contributed by atoms with Gasteiger partial charge >= 0.3 is 0 Å². The Morgan fingerprint density at radius 1 is 0.633 bits per heavy atom. The summed E-state index contributed by atoms with van der Waals surface area (Å²) in [5.41, 5.74) is 12.5. The van der Waals surface area contributed by atoms with Crippen molar-refractivity contribution in [3.05, 3.63) is 59.2 Å². The van der Waals surface area contributed by atoms with Crippen molar-refractivity contribution in [2.75, 3.05) is 11.5 Å². The van der Waals surface area contributed by atoms with Crippen LogP contribution in [0.25, 0.3) is 0 Å². The summed E-state index contributed by atoms with van der Waals surface area (Å²) in [6.07, 6.45) is 17.0. The highest BCUT2D eigenvalue weighted by Crippen LogP contribution is 2.39. The number of nitrogen functional groups attached to an aromatic ring is 2. The number of ether oxygens (including phenoxy) is 2. The Morgan fingerprint density at radius 2 is 1.03 bits per heavy atom. The summed E-state index contributed by atoms with van der Waals surface area (Å²) in [5.74, 6) is 8.35. The zero-order valence-electron chi connectivity index (χ0n) is 15.6. The van der Waals surface area contributed by atoms with Crippen LogP contribution >= 0.6 is 0 Å². The first kappa shape index (κ1) is 19.9. The number of hydrogen-bond acceptors (Lipinski definition) is 6. The molecule has 3 aromatic carbocycles. The highest BCUT2D eigenvalue weighted by Gasteiger charge is 2.19. The van der Waals surface area contributed by atoms with Crippen LogP contribution in [0.3, 0.4) is 0 Å². The third-order valence-electron chi connectivity index (χ3n) is 4.14. The van der Waals surface area contributed by atoms with Crippen LogP contribution in [-0.2, 0) is 0 Å². The molecule has 6 heteroatoms. The molecule has 0 fully saturated rings. The van der Waals surface area contributed by atoms with E-state index in [-0.39, 0.29) is 51.1 Å². The average Bonchev–Trinajstić information content (AvgIpc) is 2.73. The predicted molar refractivity (Wildman–Crippen MR) is 115 cm³/mol. The number of hydrogen-bond donors (Lipinski definition) is 4. The minimum atomic E-state index is -0.0829. The number of nitrogens with two attached hydrogens (primary N) is 2. The van der Waals surface area contributed by atoms with E-state index in [1.807, 2.05) is 0 Å². The summed E-state index contributed by atoms with van der Waals surface area (Å²) in [4.78, 5) is 0. The van der Waals surface area contributed by atoms with E-state index < -0.39 is 0 Å². The number of terminal acetylenes is 3. The molecule has 0 atom stereocenters. The number of rotatable bonds is 4. The lowest BCUT2D eigenvalue weighted by Gasteiger charge is -2.16. The van der Waals surface area contributed by atoms with Crippen LogP contribution in [0.1, 0.15) is 16.7 Å². The van der Waals surface area contributed by atoms with Gasteiger partial charge in [-0.1, -0.05) is 17.8 Å². The minimum Gasteiger partial charge on any atom is -0.506 e. The zero-order chi connectivity index (χ0) is 21.8. The van der Waals surface area contributed by atoms with Crippen molar-refractivity contribution < 1.29 is 19.7 Å². The van der Waals surface area contributed by atoms with Gasteiger partial charge in [0.15, 0.2) is 0 Å². The summed E-state index contributed by atoms with van der Waals surface area (Å²) < 4.78 is 11.7. The summed E-state index contributed by atoms with van der Waals surface area (Å²) in [6.45, 7) is 0. The molecule has 0 radical (unpaired) electrons. The van der Waals surface area contributed by atoms with Crippen LogP contribution in [0.5, 0.6) is 34.5 Å². The summed E-state index contributed by atoms with van der Waals surface area (Å²) in [6, 6.07) is 10.2. The molecule has 146 valence electrons. The Kier molecular flexibility index (Phi) is 5.32. The van der Waals surface area contributed by atoms with Crippen molar-refractivity contribution >= 4 is 11.4 Å². The van der Waals surface area contributed by atoms with Crippen LogP contribution in [0, 0.1) is 37.0 Å². The van der Waals surface area contributed by atoms with E-state index in [2.05, 4.69) is 17.8 Å². The molecule has 0 saturated heterocycles. The van der Waals surface area contributed by atoms with E-state index in [4.69, 9.17) is 40.2 Å². The normalized spacial score (nSPS) is 9.77. The van der Waals surface area contributed by atoms with Gasteiger partial charge in [0.2, 0.25) is 0 Å². The Balaban J connectivity index is 2.14. The van der Waals surface area contributed by atoms with Gasteiger partial charge in [-0.05, 0) is 24.3 Å². The molecule has 0 aliphatic carbocycles. The van der Waals surface area contributed by atoms with E-state index in [1.54, 1.807) is 0 Å². The largest absolute Gasteiger partial charge is 0.506 e. The Bertz CT molecular complexity index is 1180. The molecule has 0 spiro atoms. The summed E-state index contributed by atoms with van der Waals surface area (Å²) in [5, 5.41) is 19.2. The van der Waals surface area contributed by atoms with E-state index >= 15 is 0 Å². The lowest BCUT2D eigenvalue weighted by Crippen LogP contribution is -2.00. The number of phenols is 2. The topological polar surface area (TPSA) is 111 Å². The molecular weight excluding hydrogens is 380 g/mol.